The molecular formula is C20H18N4O4. The maximum atomic E-state index is 11.3. The number of imidazole rings is 1. The summed E-state index contributed by atoms with van der Waals surface area (Å²) < 4.78 is 18.9. The average molecular weight is 378 g/mol. The van der Waals surface area contributed by atoms with Crippen molar-refractivity contribution >= 4 is 22.5 Å². The van der Waals surface area contributed by atoms with Gasteiger partial charge in [0, 0.05) is 12.5 Å². The van der Waals surface area contributed by atoms with Crippen LogP contribution in [-0.4, -0.2) is 40.3 Å². The van der Waals surface area contributed by atoms with Crippen LogP contribution in [0.15, 0.2) is 47.0 Å². The van der Waals surface area contributed by atoms with Crippen LogP contribution < -0.4 is 14.8 Å². The molecule has 1 aromatic carbocycles. The molecule has 142 valence electrons. The number of ether oxygens (including phenoxy) is 2. The Kier molecular flexibility index (Phi) is 3.89. The van der Waals surface area contributed by atoms with E-state index in [2.05, 4.69) is 15.4 Å². The topological polar surface area (TPSA) is 90.9 Å². The lowest BCUT2D eigenvalue weighted by atomic mass is 10.2. The molecule has 4 heterocycles. The Labute approximate surface area is 160 Å². The Morgan fingerprint density at radius 1 is 1.32 bits per heavy atom. The fourth-order valence-electron chi connectivity index (χ4n) is 3.43. The molecule has 1 atom stereocenters. The van der Waals surface area contributed by atoms with E-state index in [0.29, 0.717) is 36.0 Å². The Morgan fingerprint density at radius 2 is 2.25 bits per heavy atom. The van der Waals surface area contributed by atoms with E-state index in [-0.39, 0.29) is 11.9 Å². The van der Waals surface area contributed by atoms with Crippen LogP contribution in [0.3, 0.4) is 0 Å². The first-order chi connectivity index (χ1) is 13.7. The van der Waals surface area contributed by atoms with Gasteiger partial charge < -0.3 is 19.2 Å². The summed E-state index contributed by atoms with van der Waals surface area (Å²) in [6.07, 6.45) is 3.04. The van der Waals surface area contributed by atoms with Crippen LogP contribution >= 0.6 is 0 Å². The largest absolute Gasteiger partial charge is 0.496 e. The number of benzene rings is 1. The van der Waals surface area contributed by atoms with Gasteiger partial charge in [-0.25, -0.2) is 9.50 Å². The minimum absolute atomic E-state index is 0.0232. The number of aromatic nitrogens is 3. The van der Waals surface area contributed by atoms with Crippen molar-refractivity contribution < 1.29 is 18.7 Å². The zero-order chi connectivity index (χ0) is 19.1. The lowest BCUT2D eigenvalue weighted by molar-refractivity contribution is -0.119. The number of carbonyl (C=O) groups excluding carboxylic acids is 1. The quantitative estimate of drug-likeness (QED) is 0.574. The van der Waals surface area contributed by atoms with Gasteiger partial charge in [0.2, 0.25) is 11.8 Å². The van der Waals surface area contributed by atoms with Gasteiger partial charge in [0.1, 0.15) is 23.6 Å². The molecule has 1 unspecified atom stereocenters. The van der Waals surface area contributed by atoms with Gasteiger partial charge >= 0.3 is 0 Å². The van der Waals surface area contributed by atoms with Crippen molar-refractivity contribution in [1.82, 2.24) is 19.9 Å². The highest BCUT2D eigenvalue weighted by Crippen LogP contribution is 2.33. The number of hydrogen-bond acceptors (Lipinski definition) is 6. The molecule has 5 rings (SSSR count). The molecule has 0 saturated carbocycles. The van der Waals surface area contributed by atoms with E-state index in [1.54, 1.807) is 23.9 Å². The van der Waals surface area contributed by atoms with E-state index < -0.39 is 0 Å². The van der Waals surface area contributed by atoms with Crippen molar-refractivity contribution in [3.8, 4) is 23.1 Å². The number of methoxy groups -OCH3 is 1. The number of amides is 1. The molecule has 0 aliphatic carbocycles. The number of rotatable bonds is 5. The molecule has 0 radical (unpaired) electrons. The summed E-state index contributed by atoms with van der Waals surface area (Å²) in [6.45, 7) is 0.385. The lowest BCUT2D eigenvalue weighted by Crippen LogP contribution is -2.31. The maximum Gasteiger partial charge on any atom is 0.231 e. The highest BCUT2D eigenvalue weighted by atomic mass is 16.5. The summed E-state index contributed by atoms with van der Waals surface area (Å²) in [4.78, 5) is 15.7. The van der Waals surface area contributed by atoms with E-state index in [1.165, 1.54) is 0 Å². The predicted octanol–water partition coefficient (Wildman–Crippen LogP) is 2.81. The fourth-order valence-corrected chi connectivity index (χ4v) is 3.43. The number of furan rings is 1. The normalized spacial score (nSPS) is 16.6. The van der Waals surface area contributed by atoms with Crippen LogP contribution in [-0.2, 0) is 4.79 Å². The molecular weight excluding hydrogens is 360 g/mol. The summed E-state index contributed by atoms with van der Waals surface area (Å²) >= 11 is 0. The maximum absolute atomic E-state index is 11.3. The smallest absolute Gasteiger partial charge is 0.231 e. The second-order valence-electron chi connectivity index (χ2n) is 6.68. The Bertz CT molecular complexity index is 1180. The van der Waals surface area contributed by atoms with Crippen LogP contribution in [0, 0.1) is 0 Å². The van der Waals surface area contributed by atoms with Crippen molar-refractivity contribution in [3.05, 3.63) is 42.6 Å². The molecule has 8 heteroatoms. The molecule has 1 aliphatic heterocycles. The van der Waals surface area contributed by atoms with Gasteiger partial charge in [-0.1, -0.05) is 6.07 Å². The molecule has 1 N–H and O–H groups in total. The third-order valence-corrected chi connectivity index (χ3v) is 4.85. The summed E-state index contributed by atoms with van der Waals surface area (Å²) in [6, 6.07) is 11.2. The van der Waals surface area contributed by atoms with Gasteiger partial charge in [0.25, 0.3) is 0 Å². The van der Waals surface area contributed by atoms with Crippen LogP contribution in [0.25, 0.3) is 28.1 Å². The first-order valence-electron chi connectivity index (χ1n) is 9.05. The summed E-state index contributed by atoms with van der Waals surface area (Å²) in [5, 5.41) is 8.30. The monoisotopic (exact) mass is 378 g/mol. The van der Waals surface area contributed by atoms with E-state index >= 15 is 0 Å². The molecule has 1 saturated heterocycles. The predicted molar refractivity (Wildman–Crippen MR) is 101 cm³/mol. The van der Waals surface area contributed by atoms with Gasteiger partial charge in [-0.3, -0.25) is 4.79 Å². The molecule has 3 aromatic heterocycles. The van der Waals surface area contributed by atoms with Crippen LogP contribution in [0.2, 0.25) is 0 Å². The molecule has 4 aromatic rings. The highest BCUT2D eigenvalue weighted by molar-refractivity contribution is 5.88. The van der Waals surface area contributed by atoms with Gasteiger partial charge in [-0.05, 0) is 30.7 Å². The SMILES string of the molecule is COc1cccc2oc(-c3cnc4ccc(OCC5CCC(=O)N5)nn34)cc12. The van der Waals surface area contributed by atoms with Crippen molar-refractivity contribution in [2.45, 2.75) is 18.9 Å². The molecule has 0 bridgehead atoms. The molecule has 1 amide bonds. The van der Waals surface area contributed by atoms with Gasteiger partial charge in [-0.15, -0.1) is 5.10 Å². The minimum Gasteiger partial charge on any atom is -0.496 e. The Hall–Kier alpha value is -3.55. The van der Waals surface area contributed by atoms with E-state index in [4.69, 9.17) is 13.9 Å². The second kappa shape index (κ2) is 6.56. The van der Waals surface area contributed by atoms with Crippen molar-refractivity contribution in [2.75, 3.05) is 13.7 Å². The molecule has 1 aliphatic rings. The minimum atomic E-state index is 0.0232. The van der Waals surface area contributed by atoms with Crippen LogP contribution in [0.4, 0.5) is 0 Å². The number of fused-ring (bicyclic) bond motifs is 2. The van der Waals surface area contributed by atoms with E-state index in [1.807, 2.05) is 30.3 Å². The Morgan fingerprint density at radius 3 is 3.07 bits per heavy atom. The van der Waals surface area contributed by atoms with E-state index in [0.717, 1.165) is 23.1 Å². The molecule has 8 nitrogen and oxygen atoms in total. The molecule has 28 heavy (non-hydrogen) atoms. The van der Waals surface area contributed by atoms with Gasteiger partial charge in [0.05, 0.1) is 24.7 Å². The van der Waals surface area contributed by atoms with E-state index in [9.17, 15) is 4.79 Å². The standard InChI is InChI=1S/C20H18N4O4/c1-26-15-3-2-4-16-13(15)9-17(28-16)14-10-21-18-6-8-20(23-24(14)18)27-11-12-5-7-19(25)22-12/h2-4,6,8-10,12H,5,7,11H2,1H3,(H,22,25). The highest BCUT2D eigenvalue weighted by Gasteiger charge is 2.21. The summed E-state index contributed by atoms with van der Waals surface area (Å²) in [7, 11) is 1.63. The molecule has 0 spiro atoms. The number of carbonyl (C=O) groups is 1. The lowest BCUT2D eigenvalue weighted by Gasteiger charge is -2.11. The first kappa shape index (κ1) is 16.6. The number of hydrogen-bond donors (Lipinski definition) is 1. The number of nitrogens with zero attached hydrogens (tertiary/aromatic N) is 3. The molecule has 1 fully saturated rings. The van der Waals surface area contributed by atoms with Crippen molar-refractivity contribution in [3.63, 3.8) is 0 Å². The van der Waals surface area contributed by atoms with Gasteiger partial charge in [-0.2, -0.15) is 0 Å². The number of nitrogens with one attached hydrogen (secondary N) is 1. The van der Waals surface area contributed by atoms with Gasteiger partial charge in [0.15, 0.2) is 11.4 Å². The van der Waals surface area contributed by atoms with Crippen molar-refractivity contribution in [1.29, 1.82) is 0 Å². The first-order valence-corrected chi connectivity index (χ1v) is 9.05. The van der Waals surface area contributed by atoms with Crippen molar-refractivity contribution in [2.24, 2.45) is 0 Å². The van der Waals surface area contributed by atoms with Crippen LogP contribution in [0.1, 0.15) is 12.8 Å². The summed E-state index contributed by atoms with van der Waals surface area (Å²) in [5.41, 5.74) is 2.13. The average Bonchev–Trinajstić information content (AvgIpc) is 3.42. The fraction of sp³-hybridized carbons (Fsp3) is 0.250. The third-order valence-electron chi connectivity index (χ3n) is 4.85. The third kappa shape index (κ3) is 2.83. The Balaban J connectivity index is 1.47. The zero-order valence-corrected chi connectivity index (χ0v) is 15.2. The summed E-state index contributed by atoms with van der Waals surface area (Å²) in [5.74, 6) is 1.91. The second-order valence-corrected chi connectivity index (χ2v) is 6.68. The zero-order valence-electron chi connectivity index (χ0n) is 15.2. The van der Waals surface area contributed by atoms with Crippen LogP contribution in [0.5, 0.6) is 11.6 Å².